The van der Waals surface area contributed by atoms with Crippen LogP contribution < -0.4 is 9.64 Å². The minimum absolute atomic E-state index is 0.160. The van der Waals surface area contributed by atoms with Crippen molar-refractivity contribution in [3.8, 4) is 5.75 Å². The van der Waals surface area contributed by atoms with Gasteiger partial charge in [-0.1, -0.05) is 12.1 Å². The molecule has 1 heterocycles. The summed E-state index contributed by atoms with van der Waals surface area (Å²) >= 11 is 0. The first kappa shape index (κ1) is 19.5. The molecule has 0 unspecified atom stereocenters. The molecular weight excluding hydrogens is 363 g/mol. The summed E-state index contributed by atoms with van der Waals surface area (Å²) in [5.41, 5.74) is 1.15. The minimum Gasteiger partial charge on any atom is -0.483 e. The molecule has 3 rings (SSSR count). The number of anilines is 1. The highest BCUT2D eigenvalue weighted by Crippen LogP contribution is 2.22. The Morgan fingerprint density at radius 2 is 1.82 bits per heavy atom. The topological polar surface area (TPSA) is 66.9 Å². The highest BCUT2D eigenvalue weighted by atomic mass is 19.1. The molecule has 0 N–H and O–H groups in total. The Labute approximate surface area is 162 Å². The number of para-hydroxylation sites is 1. The van der Waals surface area contributed by atoms with Crippen molar-refractivity contribution in [3.63, 3.8) is 0 Å². The van der Waals surface area contributed by atoms with Crippen LogP contribution in [0.4, 0.5) is 10.1 Å². The highest BCUT2D eigenvalue weighted by Gasteiger charge is 2.23. The molecule has 0 bridgehead atoms. The van der Waals surface area contributed by atoms with Crippen molar-refractivity contribution >= 4 is 23.7 Å². The van der Waals surface area contributed by atoms with Gasteiger partial charge in [0.1, 0.15) is 11.6 Å². The normalized spacial score (nSPS) is 13.9. The molecular formula is C21H21FN2O4. The first-order valence-electron chi connectivity index (χ1n) is 9.00. The van der Waals surface area contributed by atoms with Crippen LogP contribution in [0.5, 0.6) is 5.75 Å². The summed E-state index contributed by atoms with van der Waals surface area (Å²) in [5.74, 6) is -0.442. The lowest BCUT2D eigenvalue weighted by atomic mass is 10.1. The van der Waals surface area contributed by atoms with Gasteiger partial charge in [-0.05, 0) is 37.3 Å². The van der Waals surface area contributed by atoms with Crippen LogP contribution in [0.3, 0.4) is 0 Å². The Hall–Kier alpha value is -3.22. The van der Waals surface area contributed by atoms with E-state index in [9.17, 15) is 18.8 Å². The number of hydrogen-bond acceptors (Lipinski definition) is 5. The van der Waals surface area contributed by atoms with Crippen molar-refractivity contribution in [3.05, 3.63) is 59.4 Å². The van der Waals surface area contributed by atoms with Crippen molar-refractivity contribution in [1.82, 2.24) is 4.90 Å². The summed E-state index contributed by atoms with van der Waals surface area (Å²) in [5, 5.41) is 0. The summed E-state index contributed by atoms with van der Waals surface area (Å²) < 4.78 is 19.8. The van der Waals surface area contributed by atoms with E-state index < -0.39 is 5.82 Å². The zero-order valence-electron chi connectivity index (χ0n) is 15.6. The molecule has 0 radical (unpaired) electrons. The van der Waals surface area contributed by atoms with Gasteiger partial charge in [0.15, 0.2) is 18.7 Å². The second kappa shape index (κ2) is 8.65. The van der Waals surface area contributed by atoms with Gasteiger partial charge in [-0.3, -0.25) is 14.4 Å². The van der Waals surface area contributed by atoms with Crippen LogP contribution in [0, 0.1) is 5.82 Å². The van der Waals surface area contributed by atoms with Crippen LogP contribution in [0.2, 0.25) is 0 Å². The number of rotatable bonds is 6. The largest absolute Gasteiger partial charge is 0.483 e. The monoisotopic (exact) mass is 384 g/mol. The van der Waals surface area contributed by atoms with Crippen LogP contribution in [0.15, 0.2) is 42.5 Å². The van der Waals surface area contributed by atoms with Crippen LogP contribution in [-0.4, -0.2) is 55.7 Å². The van der Waals surface area contributed by atoms with E-state index in [2.05, 4.69) is 0 Å². The molecule has 2 aromatic rings. The maximum atomic E-state index is 14.3. The quantitative estimate of drug-likeness (QED) is 0.566. The van der Waals surface area contributed by atoms with Gasteiger partial charge in [-0.25, -0.2) is 4.39 Å². The van der Waals surface area contributed by atoms with Gasteiger partial charge in [-0.2, -0.15) is 0 Å². The molecule has 28 heavy (non-hydrogen) atoms. The molecule has 1 aliphatic rings. The molecule has 0 aliphatic carbocycles. The van der Waals surface area contributed by atoms with Gasteiger partial charge in [0.05, 0.1) is 11.3 Å². The number of hydrogen-bond donors (Lipinski definition) is 0. The van der Waals surface area contributed by atoms with E-state index in [4.69, 9.17) is 4.74 Å². The standard InChI is InChI=1S/C21H21FN2O4/c1-15(26)16-6-7-19(18(22)12-16)23-8-10-24(11-9-23)21(27)14-28-20-5-3-2-4-17(20)13-25/h2-7,12-13H,8-11,14H2,1H3. The van der Waals surface area contributed by atoms with Gasteiger partial charge < -0.3 is 14.5 Å². The fraction of sp³-hybridized carbons (Fsp3) is 0.286. The summed E-state index contributed by atoms with van der Waals surface area (Å²) in [6.07, 6.45) is 0.685. The summed E-state index contributed by atoms with van der Waals surface area (Å²) in [4.78, 5) is 38.2. The van der Waals surface area contributed by atoms with E-state index >= 15 is 0 Å². The zero-order chi connectivity index (χ0) is 20.1. The number of ether oxygens (including phenoxy) is 1. The lowest BCUT2D eigenvalue weighted by Gasteiger charge is -2.36. The van der Waals surface area contributed by atoms with Gasteiger partial charge in [0, 0.05) is 31.7 Å². The molecule has 146 valence electrons. The highest BCUT2D eigenvalue weighted by molar-refractivity contribution is 5.94. The summed E-state index contributed by atoms with van der Waals surface area (Å²) in [7, 11) is 0. The van der Waals surface area contributed by atoms with Gasteiger partial charge in [0.25, 0.3) is 5.91 Å². The number of carbonyl (C=O) groups excluding carboxylic acids is 3. The Bertz CT molecular complexity index is 892. The van der Waals surface area contributed by atoms with E-state index in [-0.39, 0.29) is 18.3 Å². The second-order valence-electron chi connectivity index (χ2n) is 6.53. The van der Waals surface area contributed by atoms with Crippen molar-refractivity contribution in [2.24, 2.45) is 0 Å². The summed E-state index contributed by atoms with van der Waals surface area (Å²) in [6, 6.07) is 11.2. The predicted molar refractivity (Wildman–Crippen MR) is 103 cm³/mol. The van der Waals surface area contributed by atoms with Crippen molar-refractivity contribution < 1.29 is 23.5 Å². The smallest absolute Gasteiger partial charge is 0.260 e. The van der Waals surface area contributed by atoms with Crippen LogP contribution in [0.25, 0.3) is 0 Å². The Morgan fingerprint density at radius 1 is 1.11 bits per heavy atom. The fourth-order valence-corrected chi connectivity index (χ4v) is 3.12. The maximum Gasteiger partial charge on any atom is 0.260 e. The van der Waals surface area contributed by atoms with E-state index in [1.54, 1.807) is 41.3 Å². The number of halogens is 1. The van der Waals surface area contributed by atoms with Crippen molar-refractivity contribution in [2.75, 3.05) is 37.7 Å². The molecule has 1 saturated heterocycles. The average Bonchev–Trinajstić information content (AvgIpc) is 2.72. The SMILES string of the molecule is CC(=O)c1ccc(N2CCN(C(=O)COc3ccccc3C=O)CC2)c(F)c1. The Morgan fingerprint density at radius 3 is 2.46 bits per heavy atom. The molecule has 2 aromatic carbocycles. The molecule has 0 aromatic heterocycles. The van der Waals surface area contributed by atoms with Gasteiger partial charge >= 0.3 is 0 Å². The third-order valence-electron chi connectivity index (χ3n) is 4.72. The minimum atomic E-state index is -0.443. The first-order valence-corrected chi connectivity index (χ1v) is 9.00. The van der Waals surface area contributed by atoms with Crippen LogP contribution >= 0.6 is 0 Å². The van der Waals surface area contributed by atoms with E-state index in [1.165, 1.54) is 13.0 Å². The predicted octanol–water partition coefficient (Wildman–Crippen LogP) is 2.57. The van der Waals surface area contributed by atoms with Gasteiger partial charge in [0.2, 0.25) is 0 Å². The lowest BCUT2D eigenvalue weighted by Crippen LogP contribution is -2.50. The molecule has 0 saturated carbocycles. The number of benzene rings is 2. The number of piperazine rings is 1. The van der Waals surface area contributed by atoms with Crippen molar-refractivity contribution in [1.29, 1.82) is 0 Å². The number of Topliss-reactive ketones (excluding diaryl/α,β-unsaturated/α-hetero) is 1. The molecule has 6 nitrogen and oxygen atoms in total. The zero-order valence-corrected chi connectivity index (χ0v) is 15.6. The van der Waals surface area contributed by atoms with E-state index in [1.807, 2.05) is 4.90 Å². The number of ketones is 1. The molecule has 1 amide bonds. The van der Waals surface area contributed by atoms with Crippen LogP contribution in [0.1, 0.15) is 27.6 Å². The van der Waals surface area contributed by atoms with Crippen molar-refractivity contribution in [2.45, 2.75) is 6.92 Å². The number of nitrogens with zero attached hydrogens (tertiary/aromatic N) is 2. The number of carbonyl (C=O) groups is 3. The number of aldehydes is 1. The van der Waals surface area contributed by atoms with E-state index in [0.29, 0.717) is 55.0 Å². The molecule has 1 fully saturated rings. The molecule has 1 aliphatic heterocycles. The lowest BCUT2D eigenvalue weighted by molar-refractivity contribution is -0.133. The molecule has 0 spiro atoms. The Kier molecular flexibility index (Phi) is 6.03. The summed E-state index contributed by atoms with van der Waals surface area (Å²) in [6.45, 7) is 3.07. The maximum absolute atomic E-state index is 14.3. The third-order valence-corrected chi connectivity index (χ3v) is 4.72. The average molecular weight is 384 g/mol. The Balaban J connectivity index is 1.55. The fourth-order valence-electron chi connectivity index (χ4n) is 3.12. The molecule has 7 heteroatoms. The van der Waals surface area contributed by atoms with Gasteiger partial charge in [-0.15, -0.1) is 0 Å². The van der Waals surface area contributed by atoms with E-state index in [0.717, 1.165) is 0 Å². The first-order chi connectivity index (χ1) is 13.5. The second-order valence-corrected chi connectivity index (χ2v) is 6.53. The number of amides is 1. The van der Waals surface area contributed by atoms with Crippen LogP contribution in [-0.2, 0) is 4.79 Å². The molecule has 0 atom stereocenters. The third kappa shape index (κ3) is 4.36.